The molecule has 0 saturated heterocycles. The number of amides is 2. The Labute approximate surface area is 132 Å². The molecule has 0 aromatic heterocycles. The molecule has 0 bridgehead atoms. The van der Waals surface area contributed by atoms with E-state index in [9.17, 15) is 9.59 Å². The van der Waals surface area contributed by atoms with Crippen LogP contribution >= 0.6 is 0 Å². The average molecular weight is 303 g/mol. The van der Waals surface area contributed by atoms with E-state index >= 15 is 0 Å². The second-order valence-corrected chi connectivity index (χ2v) is 5.62. The Balaban J connectivity index is 2.52. The Morgan fingerprint density at radius 2 is 1.77 bits per heavy atom. The molecule has 0 aliphatic heterocycles. The number of nitrogens with zero attached hydrogens (tertiary/aromatic N) is 1. The summed E-state index contributed by atoms with van der Waals surface area (Å²) in [5, 5.41) is 6.47. The molecule has 0 saturated carbocycles. The van der Waals surface area contributed by atoms with Crippen molar-refractivity contribution in [3.63, 3.8) is 0 Å². The van der Waals surface area contributed by atoms with Gasteiger partial charge in [0.15, 0.2) is 0 Å². The van der Waals surface area contributed by atoms with Crippen molar-refractivity contribution in [1.82, 2.24) is 5.43 Å². The van der Waals surface area contributed by atoms with Gasteiger partial charge in [0, 0.05) is 11.4 Å². The van der Waals surface area contributed by atoms with E-state index in [1.807, 2.05) is 19.1 Å². The van der Waals surface area contributed by atoms with Crippen LogP contribution < -0.4 is 10.7 Å². The monoisotopic (exact) mass is 303 g/mol. The molecule has 1 aromatic carbocycles. The molecule has 0 fully saturated rings. The summed E-state index contributed by atoms with van der Waals surface area (Å²) in [5.41, 5.74) is 4.86. The maximum Gasteiger partial charge on any atom is 0.329 e. The second kappa shape index (κ2) is 8.97. The summed E-state index contributed by atoms with van der Waals surface area (Å²) in [4.78, 5) is 23.4. The number of rotatable bonds is 6. The van der Waals surface area contributed by atoms with Crippen LogP contribution in [0, 0.1) is 0 Å². The summed E-state index contributed by atoms with van der Waals surface area (Å²) in [6.45, 7) is 8.11. The standard InChI is InChI=1S/C17H25N3O2/c1-5-6-7-13(4)19-20-17(22)16(21)18-15-10-8-14(9-11-15)12(2)3/h8-12H,5-7H2,1-4H3,(H,18,21)(H,20,22)/b19-13-. The average Bonchev–Trinajstić information content (AvgIpc) is 2.50. The molecule has 0 atom stereocenters. The number of unbranched alkanes of at least 4 members (excludes halogenated alkanes) is 1. The van der Waals surface area contributed by atoms with Crippen molar-refractivity contribution in [2.45, 2.75) is 52.9 Å². The van der Waals surface area contributed by atoms with Crippen LogP contribution in [0.15, 0.2) is 29.4 Å². The Hall–Kier alpha value is -2.17. The van der Waals surface area contributed by atoms with Crippen LogP contribution in [-0.4, -0.2) is 17.5 Å². The van der Waals surface area contributed by atoms with Crippen molar-refractivity contribution in [3.8, 4) is 0 Å². The van der Waals surface area contributed by atoms with E-state index in [-0.39, 0.29) is 0 Å². The topological polar surface area (TPSA) is 70.6 Å². The minimum Gasteiger partial charge on any atom is -0.318 e. The highest BCUT2D eigenvalue weighted by Gasteiger charge is 2.13. The first-order valence-electron chi connectivity index (χ1n) is 7.68. The SMILES string of the molecule is CCCC/C(C)=N\NC(=O)C(=O)Nc1ccc(C(C)C)cc1. The quantitative estimate of drug-likeness (QED) is 0.480. The third-order valence-electron chi connectivity index (χ3n) is 3.28. The van der Waals surface area contributed by atoms with Crippen LogP contribution in [0.1, 0.15) is 58.4 Å². The summed E-state index contributed by atoms with van der Waals surface area (Å²) < 4.78 is 0. The zero-order valence-electron chi connectivity index (χ0n) is 13.8. The molecular weight excluding hydrogens is 278 g/mol. The maximum atomic E-state index is 11.8. The minimum absolute atomic E-state index is 0.425. The second-order valence-electron chi connectivity index (χ2n) is 5.62. The highest BCUT2D eigenvalue weighted by molar-refractivity contribution is 6.39. The lowest BCUT2D eigenvalue weighted by atomic mass is 10.0. The number of carbonyl (C=O) groups excluding carboxylic acids is 2. The first-order chi connectivity index (χ1) is 10.4. The molecule has 0 heterocycles. The molecule has 0 aliphatic rings. The largest absolute Gasteiger partial charge is 0.329 e. The van der Waals surface area contributed by atoms with Crippen LogP contribution in [0.5, 0.6) is 0 Å². The molecular formula is C17H25N3O2. The van der Waals surface area contributed by atoms with Gasteiger partial charge >= 0.3 is 11.8 Å². The van der Waals surface area contributed by atoms with E-state index < -0.39 is 11.8 Å². The van der Waals surface area contributed by atoms with Crippen molar-refractivity contribution in [1.29, 1.82) is 0 Å². The van der Waals surface area contributed by atoms with E-state index in [4.69, 9.17) is 0 Å². The van der Waals surface area contributed by atoms with Crippen molar-refractivity contribution in [3.05, 3.63) is 29.8 Å². The van der Waals surface area contributed by atoms with Gasteiger partial charge in [0.25, 0.3) is 0 Å². The number of benzene rings is 1. The van der Waals surface area contributed by atoms with E-state index in [0.29, 0.717) is 11.6 Å². The Bertz CT molecular complexity index is 533. The van der Waals surface area contributed by atoms with E-state index in [2.05, 4.69) is 36.6 Å². The predicted molar refractivity (Wildman–Crippen MR) is 89.9 cm³/mol. The van der Waals surface area contributed by atoms with Crippen molar-refractivity contribution in [2.24, 2.45) is 5.10 Å². The molecule has 0 spiro atoms. The van der Waals surface area contributed by atoms with Gasteiger partial charge in [-0.1, -0.05) is 39.3 Å². The van der Waals surface area contributed by atoms with Crippen molar-refractivity contribution >= 4 is 23.2 Å². The molecule has 5 heteroatoms. The lowest BCUT2D eigenvalue weighted by molar-refractivity contribution is -0.136. The normalized spacial score (nSPS) is 11.4. The highest BCUT2D eigenvalue weighted by atomic mass is 16.2. The molecule has 2 amide bonds. The summed E-state index contributed by atoms with van der Waals surface area (Å²) >= 11 is 0. The first kappa shape index (κ1) is 17.9. The van der Waals surface area contributed by atoms with Crippen LogP contribution in [-0.2, 0) is 9.59 Å². The molecule has 0 unspecified atom stereocenters. The van der Waals surface area contributed by atoms with Gasteiger partial charge < -0.3 is 5.32 Å². The smallest absolute Gasteiger partial charge is 0.318 e. The number of carbonyl (C=O) groups is 2. The number of hydrazone groups is 1. The van der Waals surface area contributed by atoms with E-state index in [1.165, 1.54) is 5.56 Å². The Kier molecular flexibility index (Phi) is 7.29. The predicted octanol–water partition coefficient (Wildman–Crippen LogP) is 3.43. The molecule has 1 aromatic rings. The van der Waals surface area contributed by atoms with E-state index in [0.717, 1.165) is 25.0 Å². The molecule has 0 aliphatic carbocycles. The third-order valence-corrected chi connectivity index (χ3v) is 3.28. The van der Waals surface area contributed by atoms with Gasteiger partial charge in [0.1, 0.15) is 0 Å². The molecule has 5 nitrogen and oxygen atoms in total. The fraction of sp³-hybridized carbons (Fsp3) is 0.471. The highest BCUT2D eigenvalue weighted by Crippen LogP contribution is 2.16. The van der Waals surface area contributed by atoms with E-state index in [1.54, 1.807) is 12.1 Å². The van der Waals surface area contributed by atoms with Gasteiger partial charge in [-0.05, 0) is 43.4 Å². The lowest BCUT2D eigenvalue weighted by Gasteiger charge is -2.08. The number of hydrogen-bond acceptors (Lipinski definition) is 3. The fourth-order valence-electron chi connectivity index (χ4n) is 1.82. The zero-order chi connectivity index (χ0) is 16.5. The van der Waals surface area contributed by atoms with Crippen molar-refractivity contribution < 1.29 is 9.59 Å². The first-order valence-corrected chi connectivity index (χ1v) is 7.68. The number of nitrogens with one attached hydrogen (secondary N) is 2. The van der Waals surface area contributed by atoms with Gasteiger partial charge in [-0.15, -0.1) is 0 Å². The van der Waals surface area contributed by atoms with Crippen LogP contribution in [0.2, 0.25) is 0 Å². The summed E-state index contributed by atoms with van der Waals surface area (Å²) in [7, 11) is 0. The van der Waals surface area contributed by atoms with Gasteiger partial charge in [0.05, 0.1) is 0 Å². The zero-order valence-corrected chi connectivity index (χ0v) is 13.8. The summed E-state index contributed by atoms with van der Waals surface area (Å²) in [6, 6.07) is 7.45. The summed E-state index contributed by atoms with van der Waals surface area (Å²) in [5.74, 6) is -1.05. The van der Waals surface area contributed by atoms with Gasteiger partial charge in [0.2, 0.25) is 0 Å². The van der Waals surface area contributed by atoms with Crippen LogP contribution in [0.3, 0.4) is 0 Å². The Morgan fingerprint density at radius 3 is 2.32 bits per heavy atom. The number of anilines is 1. The van der Waals surface area contributed by atoms with Gasteiger partial charge in [-0.25, -0.2) is 5.43 Å². The fourth-order valence-corrected chi connectivity index (χ4v) is 1.82. The van der Waals surface area contributed by atoms with Crippen LogP contribution in [0.25, 0.3) is 0 Å². The van der Waals surface area contributed by atoms with Crippen molar-refractivity contribution in [2.75, 3.05) is 5.32 Å². The number of hydrogen-bond donors (Lipinski definition) is 2. The van der Waals surface area contributed by atoms with Gasteiger partial charge in [-0.2, -0.15) is 5.10 Å². The molecule has 120 valence electrons. The molecule has 22 heavy (non-hydrogen) atoms. The third kappa shape index (κ3) is 6.08. The molecule has 1 rings (SSSR count). The maximum absolute atomic E-state index is 11.8. The minimum atomic E-state index is -0.760. The Morgan fingerprint density at radius 1 is 1.14 bits per heavy atom. The lowest BCUT2D eigenvalue weighted by Crippen LogP contribution is -2.32. The van der Waals surface area contributed by atoms with Crippen LogP contribution in [0.4, 0.5) is 5.69 Å². The molecule has 2 N–H and O–H groups in total. The summed E-state index contributed by atoms with van der Waals surface area (Å²) in [6.07, 6.45) is 2.89. The van der Waals surface area contributed by atoms with Gasteiger partial charge in [-0.3, -0.25) is 9.59 Å². The molecule has 0 radical (unpaired) electrons.